The zero-order valence-electron chi connectivity index (χ0n) is 21.7. The SMILES string of the molecule is CC(C)n1cc(NC(=O)Nc2ccc(Oc3ccnc(-c4cn[nH]c4)c3)cc2)c(-c2ccc3ncncc3c2)n1. The molecule has 0 aliphatic carbocycles. The number of rotatable bonds is 7. The van der Waals surface area contributed by atoms with Gasteiger partial charge in [-0.15, -0.1) is 0 Å². The maximum absolute atomic E-state index is 13.0. The molecule has 0 saturated carbocycles. The van der Waals surface area contributed by atoms with E-state index in [1.807, 2.05) is 49.0 Å². The molecule has 4 heterocycles. The van der Waals surface area contributed by atoms with Crippen LogP contribution < -0.4 is 15.4 Å². The van der Waals surface area contributed by atoms with Gasteiger partial charge in [-0.3, -0.25) is 14.8 Å². The van der Waals surface area contributed by atoms with Crippen LogP contribution in [0.15, 0.2) is 91.9 Å². The lowest BCUT2D eigenvalue weighted by molar-refractivity contribution is 0.262. The van der Waals surface area contributed by atoms with Gasteiger partial charge in [-0.05, 0) is 56.3 Å². The molecule has 6 rings (SSSR count). The smallest absolute Gasteiger partial charge is 0.323 e. The number of hydrogen-bond donors (Lipinski definition) is 3. The monoisotopic (exact) mass is 531 g/mol. The highest BCUT2D eigenvalue weighted by Gasteiger charge is 2.16. The number of carbonyl (C=O) groups is 1. The summed E-state index contributed by atoms with van der Waals surface area (Å²) >= 11 is 0. The lowest BCUT2D eigenvalue weighted by Crippen LogP contribution is -2.19. The van der Waals surface area contributed by atoms with Gasteiger partial charge in [0.25, 0.3) is 0 Å². The third-order valence-electron chi connectivity index (χ3n) is 6.16. The third kappa shape index (κ3) is 5.34. The van der Waals surface area contributed by atoms with Crippen molar-refractivity contribution in [3.05, 3.63) is 91.9 Å². The predicted octanol–water partition coefficient (Wildman–Crippen LogP) is 6.30. The Morgan fingerprint density at radius 1 is 0.950 bits per heavy atom. The summed E-state index contributed by atoms with van der Waals surface area (Å²) in [5, 5.41) is 18.2. The standard InChI is InChI=1S/C29H25N9O2/c1-18(2)38-16-27(28(37-38)19-3-8-25-20(11-19)13-30-17-32-25)36-29(39)35-22-4-6-23(7-5-22)40-24-9-10-31-26(12-24)21-14-33-34-15-21/h3-18H,1-2H3,(H,33,34)(H2,35,36,39). The minimum Gasteiger partial charge on any atom is -0.457 e. The summed E-state index contributed by atoms with van der Waals surface area (Å²) in [6.45, 7) is 4.06. The van der Waals surface area contributed by atoms with Gasteiger partial charge in [0.15, 0.2) is 0 Å². The first-order chi connectivity index (χ1) is 19.5. The molecule has 198 valence electrons. The second-order valence-electron chi connectivity index (χ2n) is 9.33. The molecule has 0 unspecified atom stereocenters. The molecule has 0 bridgehead atoms. The molecule has 0 saturated heterocycles. The number of carbonyl (C=O) groups excluding carboxylic acids is 1. The molecule has 11 nitrogen and oxygen atoms in total. The maximum atomic E-state index is 13.0. The zero-order valence-corrected chi connectivity index (χ0v) is 21.7. The second-order valence-corrected chi connectivity index (χ2v) is 9.33. The van der Waals surface area contributed by atoms with E-state index in [0.29, 0.717) is 28.6 Å². The minimum atomic E-state index is -0.388. The van der Waals surface area contributed by atoms with E-state index in [4.69, 9.17) is 9.84 Å². The number of pyridine rings is 1. The predicted molar refractivity (Wildman–Crippen MR) is 152 cm³/mol. The number of benzene rings is 2. The molecule has 2 amide bonds. The van der Waals surface area contributed by atoms with Gasteiger partial charge in [0.2, 0.25) is 0 Å². The van der Waals surface area contributed by atoms with Crippen LogP contribution in [0.3, 0.4) is 0 Å². The van der Waals surface area contributed by atoms with Gasteiger partial charge in [-0.1, -0.05) is 6.07 Å². The molecule has 2 aromatic carbocycles. The fourth-order valence-electron chi connectivity index (χ4n) is 4.14. The number of ether oxygens (including phenoxy) is 1. The van der Waals surface area contributed by atoms with Crippen molar-refractivity contribution >= 4 is 28.3 Å². The number of nitrogens with zero attached hydrogens (tertiary/aromatic N) is 6. The zero-order chi connectivity index (χ0) is 27.5. The number of urea groups is 1. The van der Waals surface area contributed by atoms with Crippen molar-refractivity contribution < 1.29 is 9.53 Å². The molecule has 0 spiro atoms. The van der Waals surface area contributed by atoms with Gasteiger partial charge < -0.3 is 15.4 Å². The fourth-order valence-corrected chi connectivity index (χ4v) is 4.14. The average molecular weight is 532 g/mol. The lowest BCUT2D eigenvalue weighted by Gasteiger charge is -2.10. The Balaban J connectivity index is 1.15. The first kappa shape index (κ1) is 24.7. The van der Waals surface area contributed by atoms with Crippen molar-refractivity contribution in [1.82, 2.24) is 34.9 Å². The summed E-state index contributed by atoms with van der Waals surface area (Å²) in [5.74, 6) is 1.26. The number of hydrogen-bond acceptors (Lipinski definition) is 7. The van der Waals surface area contributed by atoms with Crippen molar-refractivity contribution in [2.24, 2.45) is 0 Å². The Morgan fingerprint density at radius 2 is 1.82 bits per heavy atom. The van der Waals surface area contributed by atoms with Gasteiger partial charge in [-0.25, -0.2) is 14.8 Å². The highest BCUT2D eigenvalue weighted by molar-refractivity contribution is 6.02. The number of aromatic nitrogens is 7. The van der Waals surface area contributed by atoms with Gasteiger partial charge in [0, 0.05) is 59.1 Å². The van der Waals surface area contributed by atoms with E-state index in [2.05, 4.69) is 35.8 Å². The number of aromatic amines is 1. The lowest BCUT2D eigenvalue weighted by atomic mass is 10.1. The average Bonchev–Trinajstić information content (AvgIpc) is 3.65. The summed E-state index contributed by atoms with van der Waals surface area (Å²) in [5.41, 5.74) is 5.17. The molecule has 0 radical (unpaired) electrons. The molecule has 11 heteroatoms. The van der Waals surface area contributed by atoms with Crippen molar-refractivity contribution in [3.63, 3.8) is 0 Å². The molecule has 0 atom stereocenters. The van der Waals surface area contributed by atoms with Crippen LogP contribution in [0.25, 0.3) is 33.4 Å². The highest BCUT2D eigenvalue weighted by Crippen LogP contribution is 2.30. The van der Waals surface area contributed by atoms with Crippen LogP contribution in [-0.4, -0.2) is 41.0 Å². The topological polar surface area (TPSA) is 136 Å². The largest absolute Gasteiger partial charge is 0.457 e. The van der Waals surface area contributed by atoms with E-state index in [9.17, 15) is 4.79 Å². The number of anilines is 2. The molecule has 0 fully saturated rings. The molecule has 6 aromatic rings. The number of H-pyrrole nitrogens is 1. The van der Waals surface area contributed by atoms with E-state index >= 15 is 0 Å². The van der Waals surface area contributed by atoms with Crippen LogP contribution in [0.1, 0.15) is 19.9 Å². The van der Waals surface area contributed by atoms with Crippen molar-refractivity contribution in [2.45, 2.75) is 19.9 Å². The van der Waals surface area contributed by atoms with Crippen LogP contribution in [-0.2, 0) is 0 Å². The molecule has 0 aliphatic rings. The number of fused-ring (bicyclic) bond motifs is 1. The van der Waals surface area contributed by atoms with Crippen molar-refractivity contribution in [3.8, 4) is 34.0 Å². The second kappa shape index (κ2) is 10.7. The van der Waals surface area contributed by atoms with E-state index in [1.54, 1.807) is 55.1 Å². The molecule has 4 aromatic heterocycles. The minimum absolute atomic E-state index is 0.116. The van der Waals surface area contributed by atoms with Crippen LogP contribution in [0.4, 0.5) is 16.2 Å². The molecular weight excluding hydrogens is 506 g/mol. The van der Waals surface area contributed by atoms with Crippen LogP contribution in [0.2, 0.25) is 0 Å². The Kier molecular flexibility index (Phi) is 6.59. The van der Waals surface area contributed by atoms with Crippen LogP contribution >= 0.6 is 0 Å². The van der Waals surface area contributed by atoms with Crippen LogP contribution in [0, 0.1) is 0 Å². The van der Waals surface area contributed by atoms with Gasteiger partial charge in [0.1, 0.15) is 23.5 Å². The number of amides is 2. The third-order valence-corrected chi connectivity index (χ3v) is 6.16. The summed E-state index contributed by atoms with van der Waals surface area (Å²) in [6, 6.07) is 16.3. The van der Waals surface area contributed by atoms with Gasteiger partial charge >= 0.3 is 6.03 Å². The molecule has 3 N–H and O–H groups in total. The summed E-state index contributed by atoms with van der Waals surface area (Å²) in [7, 11) is 0. The summed E-state index contributed by atoms with van der Waals surface area (Å²) < 4.78 is 7.79. The number of nitrogens with one attached hydrogen (secondary N) is 3. The van der Waals surface area contributed by atoms with Crippen molar-refractivity contribution in [2.75, 3.05) is 10.6 Å². The Morgan fingerprint density at radius 3 is 2.62 bits per heavy atom. The van der Waals surface area contributed by atoms with Crippen LogP contribution in [0.5, 0.6) is 11.5 Å². The maximum Gasteiger partial charge on any atom is 0.323 e. The van der Waals surface area contributed by atoms with E-state index < -0.39 is 0 Å². The molecule has 0 aliphatic heterocycles. The first-order valence-electron chi connectivity index (χ1n) is 12.6. The summed E-state index contributed by atoms with van der Waals surface area (Å²) in [6.07, 6.45) is 10.2. The Hall–Kier alpha value is -5.58. The Labute approximate surface area is 229 Å². The van der Waals surface area contributed by atoms with Gasteiger partial charge in [-0.2, -0.15) is 10.2 Å². The van der Waals surface area contributed by atoms with E-state index in [0.717, 1.165) is 27.7 Å². The normalized spacial score (nSPS) is 11.1. The molecular formula is C29H25N9O2. The van der Waals surface area contributed by atoms with E-state index in [-0.39, 0.29) is 12.1 Å². The Bertz CT molecular complexity index is 1780. The van der Waals surface area contributed by atoms with Crippen molar-refractivity contribution in [1.29, 1.82) is 0 Å². The van der Waals surface area contributed by atoms with Gasteiger partial charge in [0.05, 0.1) is 23.1 Å². The quantitative estimate of drug-likeness (QED) is 0.220. The van der Waals surface area contributed by atoms with E-state index in [1.165, 1.54) is 6.33 Å². The fraction of sp³-hybridized carbons (Fsp3) is 0.103. The molecule has 40 heavy (non-hydrogen) atoms. The first-order valence-corrected chi connectivity index (χ1v) is 12.6. The highest BCUT2D eigenvalue weighted by atomic mass is 16.5. The summed E-state index contributed by atoms with van der Waals surface area (Å²) in [4.78, 5) is 25.7.